The number of amides is 1. The lowest BCUT2D eigenvalue weighted by Gasteiger charge is -2.19. The molecule has 32 heavy (non-hydrogen) atoms. The highest BCUT2D eigenvalue weighted by Gasteiger charge is 2.35. The number of tetrazole rings is 1. The van der Waals surface area contributed by atoms with E-state index >= 15 is 0 Å². The molecule has 162 valence electrons. The van der Waals surface area contributed by atoms with Crippen molar-refractivity contribution in [1.29, 1.82) is 0 Å². The van der Waals surface area contributed by atoms with Crippen LogP contribution in [-0.4, -0.2) is 42.6 Å². The standard InChI is InChI=1S/C22H20N6O2S2/c1-15-6-8-16(9-7-15)18-12-19(20-5-2-10-30-20)28(24-18)21(29)14-32-22-23-25-26-27(22)13-17-4-3-11-31-17/h2-11,19H,12-14H2,1H3/t19-/m1/s1. The average molecular weight is 465 g/mol. The lowest BCUT2D eigenvalue weighted by molar-refractivity contribution is -0.130. The van der Waals surface area contributed by atoms with Crippen molar-refractivity contribution in [3.05, 3.63) is 81.9 Å². The summed E-state index contributed by atoms with van der Waals surface area (Å²) >= 11 is 2.95. The van der Waals surface area contributed by atoms with Gasteiger partial charge in [-0.05, 0) is 46.5 Å². The minimum Gasteiger partial charge on any atom is -0.467 e. The molecule has 0 bridgehead atoms. The number of nitrogens with zero attached hydrogens (tertiary/aromatic N) is 6. The summed E-state index contributed by atoms with van der Waals surface area (Å²) in [6.07, 6.45) is 2.22. The van der Waals surface area contributed by atoms with Crippen molar-refractivity contribution in [2.45, 2.75) is 31.1 Å². The van der Waals surface area contributed by atoms with Gasteiger partial charge in [-0.2, -0.15) is 5.10 Å². The van der Waals surface area contributed by atoms with E-state index in [4.69, 9.17) is 4.42 Å². The minimum atomic E-state index is -0.267. The van der Waals surface area contributed by atoms with E-state index in [0.29, 0.717) is 18.1 Å². The van der Waals surface area contributed by atoms with Crippen molar-refractivity contribution in [2.24, 2.45) is 5.10 Å². The zero-order valence-corrected chi connectivity index (χ0v) is 18.9. The van der Waals surface area contributed by atoms with Crippen LogP contribution in [-0.2, 0) is 11.3 Å². The van der Waals surface area contributed by atoms with Gasteiger partial charge < -0.3 is 4.42 Å². The van der Waals surface area contributed by atoms with Gasteiger partial charge in [-0.3, -0.25) is 4.79 Å². The quantitative estimate of drug-likeness (QED) is 0.382. The summed E-state index contributed by atoms with van der Waals surface area (Å²) in [6.45, 7) is 2.63. The Kier molecular flexibility index (Phi) is 5.87. The summed E-state index contributed by atoms with van der Waals surface area (Å²) in [6, 6.07) is 15.6. The maximum Gasteiger partial charge on any atom is 0.253 e. The highest BCUT2D eigenvalue weighted by molar-refractivity contribution is 7.99. The Morgan fingerprint density at radius 2 is 2.09 bits per heavy atom. The number of thioether (sulfide) groups is 1. The van der Waals surface area contributed by atoms with Crippen LogP contribution in [0.1, 0.15) is 34.2 Å². The van der Waals surface area contributed by atoms with Crippen molar-refractivity contribution in [3.63, 3.8) is 0 Å². The third kappa shape index (κ3) is 4.37. The molecule has 0 aliphatic carbocycles. The zero-order valence-electron chi connectivity index (χ0n) is 17.3. The molecular weight excluding hydrogens is 444 g/mol. The minimum absolute atomic E-state index is 0.121. The molecule has 1 amide bonds. The summed E-state index contributed by atoms with van der Waals surface area (Å²) in [4.78, 5) is 14.3. The van der Waals surface area contributed by atoms with Crippen LogP contribution in [0, 0.1) is 6.92 Å². The molecule has 4 aromatic rings. The second kappa shape index (κ2) is 9.09. The topological polar surface area (TPSA) is 89.4 Å². The number of carbonyl (C=O) groups is 1. The molecule has 1 aliphatic rings. The van der Waals surface area contributed by atoms with Crippen LogP contribution >= 0.6 is 23.1 Å². The van der Waals surface area contributed by atoms with Crippen molar-refractivity contribution in [3.8, 4) is 0 Å². The van der Waals surface area contributed by atoms with Gasteiger partial charge in [-0.25, -0.2) is 9.69 Å². The van der Waals surface area contributed by atoms with Gasteiger partial charge >= 0.3 is 0 Å². The Labute approximate surface area is 192 Å². The molecular formula is C22H20N6O2S2. The highest BCUT2D eigenvalue weighted by atomic mass is 32.2. The predicted octanol–water partition coefficient (Wildman–Crippen LogP) is 4.15. The number of aryl methyl sites for hydroxylation is 1. The largest absolute Gasteiger partial charge is 0.467 e. The van der Waals surface area contributed by atoms with Crippen LogP contribution in [0.25, 0.3) is 0 Å². The molecule has 3 aromatic heterocycles. The molecule has 0 saturated carbocycles. The van der Waals surface area contributed by atoms with Crippen LogP contribution in [0.4, 0.5) is 0 Å². The fraction of sp³-hybridized carbons (Fsp3) is 0.227. The SMILES string of the molecule is Cc1ccc(C2=NN(C(=O)CSc3nnnn3Cc3cccs3)[C@@H](c3ccco3)C2)cc1. The number of hydrogen-bond donors (Lipinski definition) is 0. The number of hydrazone groups is 1. The van der Waals surface area contributed by atoms with Crippen molar-refractivity contribution >= 4 is 34.7 Å². The van der Waals surface area contributed by atoms with E-state index in [1.807, 2.05) is 60.8 Å². The Balaban J connectivity index is 1.33. The smallest absolute Gasteiger partial charge is 0.253 e. The van der Waals surface area contributed by atoms with Crippen LogP contribution in [0.2, 0.25) is 0 Å². The second-order valence-corrected chi connectivity index (χ2v) is 9.35. The number of thiophene rings is 1. The van der Waals surface area contributed by atoms with Crippen molar-refractivity contribution < 1.29 is 9.21 Å². The third-order valence-corrected chi connectivity index (χ3v) is 6.93. The molecule has 1 aliphatic heterocycles. The summed E-state index contributed by atoms with van der Waals surface area (Å²) in [5, 5.41) is 20.7. The second-order valence-electron chi connectivity index (χ2n) is 7.37. The van der Waals surface area contributed by atoms with Gasteiger partial charge in [0.15, 0.2) is 0 Å². The summed E-state index contributed by atoms with van der Waals surface area (Å²) in [5.41, 5.74) is 3.06. The molecule has 0 fully saturated rings. The normalized spacial score (nSPS) is 15.8. The first-order valence-corrected chi connectivity index (χ1v) is 12.0. The van der Waals surface area contributed by atoms with Gasteiger partial charge in [0.2, 0.25) is 5.16 Å². The molecule has 5 rings (SSSR count). The molecule has 0 saturated heterocycles. The lowest BCUT2D eigenvalue weighted by atomic mass is 10.0. The number of benzene rings is 1. The maximum absolute atomic E-state index is 13.2. The van der Waals surface area contributed by atoms with Crippen LogP contribution < -0.4 is 0 Å². The van der Waals surface area contributed by atoms with E-state index in [-0.39, 0.29) is 17.7 Å². The van der Waals surface area contributed by atoms with Gasteiger partial charge in [0.25, 0.3) is 5.91 Å². The number of furan rings is 1. The van der Waals surface area contributed by atoms with E-state index in [2.05, 4.69) is 20.6 Å². The average Bonchev–Trinajstić information content (AvgIpc) is 3.60. The maximum atomic E-state index is 13.2. The van der Waals surface area contributed by atoms with E-state index in [0.717, 1.165) is 21.9 Å². The molecule has 0 N–H and O–H groups in total. The molecule has 0 spiro atoms. The van der Waals surface area contributed by atoms with Gasteiger partial charge in [0.05, 0.1) is 24.3 Å². The van der Waals surface area contributed by atoms with Crippen molar-refractivity contribution in [2.75, 3.05) is 5.75 Å². The predicted molar refractivity (Wildman–Crippen MR) is 123 cm³/mol. The first-order chi connectivity index (χ1) is 15.7. The first kappa shape index (κ1) is 20.7. The van der Waals surface area contributed by atoms with Crippen LogP contribution in [0.15, 0.2) is 74.8 Å². The lowest BCUT2D eigenvalue weighted by Crippen LogP contribution is -2.28. The molecule has 0 radical (unpaired) electrons. The van der Waals surface area contributed by atoms with Crippen molar-refractivity contribution in [1.82, 2.24) is 25.2 Å². The Morgan fingerprint density at radius 1 is 1.22 bits per heavy atom. The van der Waals surface area contributed by atoms with Gasteiger partial charge in [-0.15, -0.1) is 16.4 Å². The number of rotatable bonds is 7. The molecule has 8 nitrogen and oxygen atoms in total. The van der Waals surface area contributed by atoms with Crippen LogP contribution in [0.3, 0.4) is 0 Å². The van der Waals surface area contributed by atoms with Gasteiger partial charge in [-0.1, -0.05) is 47.7 Å². The summed E-state index contributed by atoms with van der Waals surface area (Å²) in [5.74, 6) is 0.771. The monoisotopic (exact) mass is 464 g/mol. The molecule has 10 heteroatoms. The Bertz CT molecular complexity index is 1220. The number of aromatic nitrogens is 4. The number of carbonyl (C=O) groups excluding carboxylic acids is 1. The summed E-state index contributed by atoms with van der Waals surface area (Å²) < 4.78 is 7.33. The fourth-order valence-corrected chi connectivity index (χ4v) is 4.92. The molecule has 1 aromatic carbocycles. The molecule has 4 heterocycles. The molecule has 1 atom stereocenters. The summed E-state index contributed by atoms with van der Waals surface area (Å²) in [7, 11) is 0. The van der Waals surface area contributed by atoms with Gasteiger partial charge in [0.1, 0.15) is 11.8 Å². The highest BCUT2D eigenvalue weighted by Crippen LogP contribution is 2.34. The van der Waals surface area contributed by atoms with E-state index in [1.54, 1.807) is 22.3 Å². The fourth-order valence-electron chi connectivity index (χ4n) is 3.50. The van der Waals surface area contributed by atoms with E-state index in [1.165, 1.54) is 22.3 Å². The Morgan fingerprint density at radius 3 is 2.84 bits per heavy atom. The Hall–Kier alpha value is -3.24. The van der Waals surface area contributed by atoms with E-state index < -0.39 is 0 Å². The first-order valence-electron chi connectivity index (χ1n) is 10.1. The van der Waals surface area contributed by atoms with Crippen LogP contribution in [0.5, 0.6) is 0 Å². The zero-order chi connectivity index (χ0) is 21.9. The number of hydrogen-bond acceptors (Lipinski definition) is 8. The molecule has 0 unspecified atom stereocenters. The van der Waals surface area contributed by atoms with E-state index in [9.17, 15) is 4.79 Å². The third-order valence-electron chi connectivity index (χ3n) is 5.13. The van der Waals surface area contributed by atoms with Gasteiger partial charge in [0, 0.05) is 11.3 Å².